The first-order chi connectivity index (χ1) is 12.2. The molecule has 1 aliphatic rings. The average Bonchev–Trinajstić information content (AvgIpc) is 3.43. The van der Waals surface area contributed by atoms with Gasteiger partial charge in [-0.05, 0) is 49.4 Å². The fourth-order valence-corrected chi connectivity index (χ4v) is 3.01. The van der Waals surface area contributed by atoms with E-state index in [0.717, 1.165) is 29.8 Å². The molecule has 1 saturated carbocycles. The Hall–Kier alpha value is -2.04. The molecule has 0 bridgehead atoms. The second-order valence-corrected chi connectivity index (χ2v) is 7.86. The van der Waals surface area contributed by atoms with Crippen molar-refractivity contribution in [3.05, 3.63) is 23.8 Å². The SMILES string of the molecule is CCC(=O)Nc1ccc(N(C)C)c(CN(C(=O)C2CC2)[C@@H](C)C(C)C)c1. The number of carbonyl (C=O) groups excluding carboxylic acids is 2. The summed E-state index contributed by atoms with van der Waals surface area (Å²) >= 11 is 0. The summed E-state index contributed by atoms with van der Waals surface area (Å²) in [7, 11) is 4.00. The van der Waals surface area contributed by atoms with Crippen LogP contribution in [0.5, 0.6) is 0 Å². The van der Waals surface area contributed by atoms with Gasteiger partial charge in [-0.3, -0.25) is 9.59 Å². The largest absolute Gasteiger partial charge is 0.377 e. The van der Waals surface area contributed by atoms with E-state index in [0.29, 0.717) is 18.9 Å². The van der Waals surface area contributed by atoms with Crippen LogP contribution in [0.2, 0.25) is 0 Å². The van der Waals surface area contributed by atoms with Crippen LogP contribution in [0.3, 0.4) is 0 Å². The van der Waals surface area contributed by atoms with Crippen LogP contribution in [-0.4, -0.2) is 36.9 Å². The highest BCUT2D eigenvalue weighted by molar-refractivity contribution is 5.91. The Bertz CT molecular complexity index is 651. The lowest BCUT2D eigenvalue weighted by Crippen LogP contribution is -2.42. The van der Waals surface area contributed by atoms with Crippen LogP contribution in [0.25, 0.3) is 0 Å². The van der Waals surface area contributed by atoms with Crippen LogP contribution in [0.1, 0.15) is 52.5 Å². The maximum atomic E-state index is 12.9. The molecule has 0 aromatic heterocycles. The first kappa shape index (κ1) is 20.3. The second-order valence-electron chi connectivity index (χ2n) is 7.86. The molecule has 0 unspecified atom stereocenters. The van der Waals surface area contributed by atoms with Crippen molar-refractivity contribution in [1.82, 2.24) is 4.90 Å². The molecule has 0 aliphatic heterocycles. The molecule has 0 spiro atoms. The Morgan fingerprint density at radius 2 is 1.85 bits per heavy atom. The highest BCUT2D eigenvalue weighted by Gasteiger charge is 2.36. The van der Waals surface area contributed by atoms with Gasteiger partial charge in [0.2, 0.25) is 11.8 Å². The van der Waals surface area contributed by atoms with Crippen molar-refractivity contribution in [2.45, 2.75) is 59.5 Å². The van der Waals surface area contributed by atoms with Gasteiger partial charge in [0.25, 0.3) is 0 Å². The van der Waals surface area contributed by atoms with Gasteiger partial charge in [-0.15, -0.1) is 0 Å². The third kappa shape index (κ3) is 4.99. The predicted molar refractivity (Wildman–Crippen MR) is 107 cm³/mol. The molecule has 5 heteroatoms. The Morgan fingerprint density at radius 3 is 2.35 bits per heavy atom. The van der Waals surface area contributed by atoms with Crippen molar-refractivity contribution in [1.29, 1.82) is 0 Å². The maximum absolute atomic E-state index is 12.9. The molecule has 26 heavy (non-hydrogen) atoms. The maximum Gasteiger partial charge on any atom is 0.226 e. The fourth-order valence-electron chi connectivity index (χ4n) is 3.01. The summed E-state index contributed by atoms with van der Waals surface area (Å²) in [5.74, 6) is 0.847. The number of nitrogens with zero attached hydrogens (tertiary/aromatic N) is 2. The molecule has 1 aromatic carbocycles. The van der Waals surface area contributed by atoms with E-state index in [9.17, 15) is 9.59 Å². The molecule has 2 rings (SSSR count). The molecule has 1 aromatic rings. The molecule has 144 valence electrons. The Balaban J connectivity index is 2.33. The standard InChI is InChI=1S/C21H33N3O2/c1-7-20(25)22-18-10-11-19(23(5)6)17(12-18)13-24(15(4)14(2)3)21(26)16-8-9-16/h10-12,14-16H,7-9,13H2,1-6H3,(H,22,25)/t15-/m0/s1. The molecule has 0 saturated heterocycles. The highest BCUT2D eigenvalue weighted by Crippen LogP contribution is 2.34. The molecule has 0 heterocycles. The van der Waals surface area contributed by atoms with Crippen molar-refractivity contribution in [3.8, 4) is 0 Å². The zero-order valence-electron chi connectivity index (χ0n) is 17.0. The quantitative estimate of drug-likeness (QED) is 0.766. The normalized spacial score (nSPS) is 14.9. The summed E-state index contributed by atoms with van der Waals surface area (Å²) in [6, 6.07) is 6.11. The first-order valence-corrected chi connectivity index (χ1v) is 9.65. The van der Waals surface area contributed by atoms with E-state index in [1.165, 1.54) is 0 Å². The number of nitrogens with one attached hydrogen (secondary N) is 1. The van der Waals surface area contributed by atoms with Gasteiger partial charge in [0.05, 0.1) is 0 Å². The number of hydrogen-bond acceptors (Lipinski definition) is 3. The minimum Gasteiger partial charge on any atom is -0.377 e. The van der Waals surface area contributed by atoms with Crippen molar-refractivity contribution < 1.29 is 9.59 Å². The minimum atomic E-state index is -0.00462. The number of rotatable bonds is 8. The van der Waals surface area contributed by atoms with Crippen molar-refractivity contribution in [2.24, 2.45) is 11.8 Å². The van der Waals surface area contributed by atoms with Crippen LogP contribution in [0, 0.1) is 11.8 Å². The molecule has 1 N–H and O–H groups in total. The van der Waals surface area contributed by atoms with E-state index < -0.39 is 0 Å². The Morgan fingerprint density at radius 1 is 1.19 bits per heavy atom. The summed E-state index contributed by atoms with van der Waals surface area (Å²) < 4.78 is 0. The van der Waals surface area contributed by atoms with E-state index in [-0.39, 0.29) is 23.8 Å². The summed E-state index contributed by atoms with van der Waals surface area (Å²) in [5.41, 5.74) is 2.92. The molecule has 0 radical (unpaired) electrons. The summed E-state index contributed by atoms with van der Waals surface area (Å²) in [4.78, 5) is 28.7. The van der Waals surface area contributed by atoms with E-state index in [4.69, 9.17) is 0 Å². The monoisotopic (exact) mass is 359 g/mol. The molecule has 1 atom stereocenters. The Labute approximate surface area is 157 Å². The summed E-state index contributed by atoms with van der Waals surface area (Å²) in [6.07, 6.45) is 2.46. The fraction of sp³-hybridized carbons (Fsp3) is 0.619. The predicted octanol–water partition coefficient (Wildman–Crippen LogP) is 3.88. The number of benzene rings is 1. The van der Waals surface area contributed by atoms with Crippen LogP contribution in [0.15, 0.2) is 18.2 Å². The number of carbonyl (C=O) groups is 2. The lowest BCUT2D eigenvalue weighted by Gasteiger charge is -2.33. The van der Waals surface area contributed by atoms with E-state index in [2.05, 4.69) is 31.0 Å². The first-order valence-electron chi connectivity index (χ1n) is 9.65. The van der Waals surface area contributed by atoms with Crippen LogP contribution < -0.4 is 10.2 Å². The van der Waals surface area contributed by atoms with E-state index in [1.807, 2.05) is 44.1 Å². The topological polar surface area (TPSA) is 52.7 Å². The van der Waals surface area contributed by atoms with Gasteiger partial charge in [0.1, 0.15) is 0 Å². The number of amides is 2. The molecule has 1 aliphatic carbocycles. The molecular formula is C21H33N3O2. The van der Waals surface area contributed by atoms with Crippen molar-refractivity contribution in [3.63, 3.8) is 0 Å². The molecule has 5 nitrogen and oxygen atoms in total. The van der Waals surface area contributed by atoms with Crippen LogP contribution in [0.4, 0.5) is 11.4 Å². The number of anilines is 2. The van der Waals surface area contributed by atoms with Crippen molar-refractivity contribution in [2.75, 3.05) is 24.3 Å². The van der Waals surface area contributed by atoms with Gasteiger partial charge in [-0.25, -0.2) is 0 Å². The van der Waals surface area contributed by atoms with E-state index >= 15 is 0 Å². The van der Waals surface area contributed by atoms with Gasteiger partial charge >= 0.3 is 0 Å². The summed E-state index contributed by atoms with van der Waals surface area (Å²) in [6.45, 7) is 8.84. The van der Waals surface area contributed by atoms with Gasteiger partial charge < -0.3 is 15.1 Å². The minimum absolute atomic E-state index is 0.00462. The van der Waals surface area contributed by atoms with Gasteiger partial charge in [0, 0.05) is 50.4 Å². The lowest BCUT2D eigenvalue weighted by molar-refractivity contribution is -0.136. The van der Waals surface area contributed by atoms with E-state index in [1.54, 1.807) is 0 Å². The van der Waals surface area contributed by atoms with Crippen molar-refractivity contribution >= 4 is 23.2 Å². The number of hydrogen-bond donors (Lipinski definition) is 1. The Kier molecular flexibility index (Phi) is 6.68. The second kappa shape index (κ2) is 8.56. The van der Waals surface area contributed by atoms with Gasteiger partial charge in [-0.2, -0.15) is 0 Å². The molecular weight excluding hydrogens is 326 g/mol. The third-order valence-corrected chi connectivity index (χ3v) is 5.17. The zero-order valence-corrected chi connectivity index (χ0v) is 17.0. The summed E-state index contributed by atoms with van der Waals surface area (Å²) in [5, 5.41) is 2.93. The van der Waals surface area contributed by atoms with Crippen LogP contribution >= 0.6 is 0 Å². The smallest absolute Gasteiger partial charge is 0.226 e. The molecule has 2 amide bonds. The highest BCUT2D eigenvalue weighted by atomic mass is 16.2. The van der Waals surface area contributed by atoms with Gasteiger partial charge in [-0.1, -0.05) is 20.8 Å². The van der Waals surface area contributed by atoms with Crippen LogP contribution in [-0.2, 0) is 16.1 Å². The zero-order chi connectivity index (χ0) is 19.4. The molecule has 1 fully saturated rings. The van der Waals surface area contributed by atoms with Gasteiger partial charge in [0.15, 0.2) is 0 Å². The average molecular weight is 360 g/mol. The lowest BCUT2D eigenvalue weighted by atomic mass is 10.0. The third-order valence-electron chi connectivity index (χ3n) is 5.17.